The summed E-state index contributed by atoms with van der Waals surface area (Å²) in [5.41, 5.74) is 0.478. The predicted octanol–water partition coefficient (Wildman–Crippen LogP) is 1.95. The number of benzene rings is 1. The van der Waals surface area contributed by atoms with Crippen molar-refractivity contribution in [3.05, 3.63) is 56.7 Å². The quantitative estimate of drug-likeness (QED) is 0.623. The van der Waals surface area contributed by atoms with Gasteiger partial charge < -0.3 is 10.2 Å². The summed E-state index contributed by atoms with van der Waals surface area (Å²) >= 11 is 1.31. The summed E-state index contributed by atoms with van der Waals surface area (Å²) in [5, 5.41) is 3.59. The molecule has 0 spiro atoms. The molecule has 2 aromatic heterocycles. The van der Waals surface area contributed by atoms with Crippen molar-refractivity contribution >= 4 is 32.7 Å². The van der Waals surface area contributed by atoms with Crippen molar-refractivity contribution in [1.29, 1.82) is 0 Å². The van der Waals surface area contributed by atoms with Gasteiger partial charge in [0.2, 0.25) is 5.91 Å². The predicted molar refractivity (Wildman–Crippen MR) is 118 cm³/mol. The molecule has 3 heterocycles. The molecule has 0 atom stereocenters. The lowest BCUT2D eigenvalue weighted by Gasteiger charge is -2.12. The molecule has 1 saturated heterocycles. The van der Waals surface area contributed by atoms with E-state index >= 15 is 0 Å². The highest BCUT2D eigenvalue weighted by molar-refractivity contribution is 7.22. The number of rotatable bonds is 7. The van der Waals surface area contributed by atoms with E-state index in [1.165, 1.54) is 20.5 Å². The normalized spacial score (nSPS) is 13.8. The first-order valence-electron chi connectivity index (χ1n) is 10.3. The van der Waals surface area contributed by atoms with Crippen LogP contribution in [0.25, 0.3) is 10.3 Å². The van der Waals surface area contributed by atoms with Crippen LogP contribution in [0.1, 0.15) is 31.7 Å². The van der Waals surface area contributed by atoms with Crippen molar-refractivity contribution in [2.24, 2.45) is 0 Å². The third-order valence-electron chi connectivity index (χ3n) is 5.21. The number of amides is 1. The smallest absolute Gasteiger partial charge is 0.333 e. The summed E-state index contributed by atoms with van der Waals surface area (Å²) in [6.45, 7) is 4.22. The number of fused-ring (bicyclic) bond motifs is 1. The zero-order valence-electron chi connectivity index (χ0n) is 17.0. The molecule has 3 aromatic rings. The molecule has 1 fully saturated rings. The van der Waals surface area contributed by atoms with E-state index in [-0.39, 0.29) is 18.0 Å². The molecule has 1 N–H and O–H groups in total. The first-order chi connectivity index (χ1) is 14.6. The molecular formula is C21H25N5O3S. The van der Waals surface area contributed by atoms with Crippen LogP contribution in [0.2, 0.25) is 0 Å². The highest BCUT2D eigenvalue weighted by Gasteiger charge is 2.22. The van der Waals surface area contributed by atoms with E-state index in [9.17, 15) is 14.4 Å². The SMILES string of the molecule is CCCn1c(=O)c2sc(N3CCCC3)nc2n(CC(=O)NCc2ccccc2)c1=O. The molecular weight excluding hydrogens is 402 g/mol. The number of anilines is 1. The van der Waals surface area contributed by atoms with E-state index in [1.807, 2.05) is 37.3 Å². The maximum Gasteiger partial charge on any atom is 0.333 e. The summed E-state index contributed by atoms with van der Waals surface area (Å²) in [7, 11) is 0. The second-order valence-electron chi connectivity index (χ2n) is 7.43. The first kappa shape index (κ1) is 20.3. The van der Waals surface area contributed by atoms with Crippen molar-refractivity contribution in [1.82, 2.24) is 19.4 Å². The molecule has 0 aliphatic carbocycles. The van der Waals surface area contributed by atoms with E-state index in [1.54, 1.807) is 0 Å². The first-order valence-corrected chi connectivity index (χ1v) is 11.1. The number of hydrogen-bond donors (Lipinski definition) is 1. The van der Waals surface area contributed by atoms with Gasteiger partial charge >= 0.3 is 5.69 Å². The maximum atomic E-state index is 13.0. The van der Waals surface area contributed by atoms with E-state index < -0.39 is 5.69 Å². The fourth-order valence-electron chi connectivity index (χ4n) is 3.67. The summed E-state index contributed by atoms with van der Waals surface area (Å²) in [4.78, 5) is 45.3. The molecule has 9 heteroatoms. The van der Waals surface area contributed by atoms with Gasteiger partial charge in [0, 0.05) is 26.2 Å². The average Bonchev–Trinajstić information content (AvgIpc) is 3.43. The Kier molecular flexibility index (Phi) is 5.98. The van der Waals surface area contributed by atoms with Crippen LogP contribution in [0.15, 0.2) is 39.9 Å². The van der Waals surface area contributed by atoms with Gasteiger partial charge in [-0.2, -0.15) is 0 Å². The van der Waals surface area contributed by atoms with Gasteiger partial charge in [0.25, 0.3) is 5.56 Å². The highest BCUT2D eigenvalue weighted by atomic mass is 32.1. The standard InChI is InChI=1S/C21H25N5O3S/c1-2-10-25-19(28)17-18(23-20(30-17)24-11-6-7-12-24)26(21(25)29)14-16(27)22-13-15-8-4-3-5-9-15/h3-5,8-9H,2,6-7,10-14H2,1H3,(H,22,27). The number of nitrogens with zero attached hydrogens (tertiary/aromatic N) is 4. The van der Waals surface area contributed by atoms with Gasteiger partial charge in [0.1, 0.15) is 11.2 Å². The van der Waals surface area contributed by atoms with Gasteiger partial charge in [-0.3, -0.25) is 18.7 Å². The number of hydrogen-bond acceptors (Lipinski definition) is 6. The third kappa shape index (κ3) is 4.02. The van der Waals surface area contributed by atoms with Crippen molar-refractivity contribution in [3.63, 3.8) is 0 Å². The van der Waals surface area contributed by atoms with Crippen molar-refractivity contribution < 1.29 is 4.79 Å². The van der Waals surface area contributed by atoms with Crippen LogP contribution in [0.5, 0.6) is 0 Å². The summed E-state index contributed by atoms with van der Waals surface area (Å²) < 4.78 is 2.99. The Hall–Kier alpha value is -2.94. The van der Waals surface area contributed by atoms with Gasteiger partial charge in [-0.1, -0.05) is 48.6 Å². The number of aromatic nitrogens is 3. The molecule has 1 aliphatic heterocycles. The van der Waals surface area contributed by atoms with Crippen molar-refractivity contribution in [2.75, 3.05) is 18.0 Å². The van der Waals surface area contributed by atoms with E-state index in [4.69, 9.17) is 0 Å². The van der Waals surface area contributed by atoms with Crippen LogP contribution in [-0.2, 0) is 24.4 Å². The van der Waals surface area contributed by atoms with E-state index in [0.29, 0.717) is 29.9 Å². The Labute approximate surface area is 177 Å². The van der Waals surface area contributed by atoms with Crippen LogP contribution in [-0.4, -0.2) is 33.1 Å². The Morgan fingerprint density at radius 3 is 2.57 bits per heavy atom. The molecule has 4 rings (SSSR count). The summed E-state index contributed by atoms with van der Waals surface area (Å²) in [6, 6.07) is 9.58. The summed E-state index contributed by atoms with van der Waals surface area (Å²) in [5.74, 6) is -0.292. The van der Waals surface area contributed by atoms with Gasteiger partial charge in [-0.05, 0) is 24.8 Å². The van der Waals surface area contributed by atoms with E-state index in [0.717, 1.165) is 36.6 Å². The summed E-state index contributed by atoms with van der Waals surface area (Å²) in [6.07, 6.45) is 2.83. The molecule has 1 amide bonds. The molecule has 1 aromatic carbocycles. The maximum absolute atomic E-state index is 13.0. The lowest BCUT2D eigenvalue weighted by Crippen LogP contribution is -2.42. The monoisotopic (exact) mass is 427 g/mol. The fourth-order valence-corrected chi connectivity index (χ4v) is 4.74. The van der Waals surface area contributed by atoms with E-state index in [2.05, 4.69) is 15.2 Å². The average molecular weight is 428 g/mol. The molecule has 8 nitrogen and oxygen atoms in total. The molecule has 1 aliphatic rings. The number of carbonyl (C=O) groups excluding carboxylic acids is 1. The number of nitrogens with one attached hydrogen (secondary N) is 1. The minimum Gasteiger partial charge on any atom is -0.350 e. The lowest BCUT2D eigenvalue weighted by atomic mass is 10.2. The lowest BCUT2D eigenvalue weighted by molar-refractivity contribution is -0.121. The molecule has 0 bridgehead atoms. The Morgan fingerprint density at radius 2 is 1.87 bits per heavy atom. The fraction of sp³-hybridized carbons (Fsp3) is 0.429. The topological polar surface area (TPSA) is 89.2 Å². The second kappa shape index (κ2) is 8.83. The minimum absolute atomic E-state index is 0.171. The molecule has 0 unspecified atom stereocenters. The van der Waals surface area contributed by atoms with Crippen LogP contribution in [0, 0.1) is 0 Å². The van der Waals surface area contributed by atoms with Gasteiger partial charge in [0.05, 0.1) is 0 Å². The largest absolute Gasteiger partial charge is 0.350 e. The molecule has 30 heavy (non-hydrogen) atoms. The van der Waals surface area contributed by atoms with Crippen LogP contribution >= 0.6 is 11.3 Å². The Balaban J connectivity index is 1.68. The minimum atomic E-state index is -0.484. The molecule has 0 radical (unpaired) electrons. The van der Waals surface area contributed by atoms with Crippen molar-refractivity contribution in [3.8, 4) is 0 Å². The van der Waals surface area contributed by atoms with Crippen LogP contribution in [0.3, 0.4) is 0 Å². The van der Waals surface area contributed by atoms with Crippen molar-refractivity contribution in [2.45, 2.75) is 45.8 Å². The van der Waals surface area contributed by atoms with Gasteiger partial charge in [0.15, 0.2) is 10.8 Å². The zero-order valence-corrected chi connectivity index (χ0v) is 17.8. The number of carbonyl (C=O) groups is 1. The Morgan fingerprint density at radius 1 is 1.13 bits per heavy atom. The highest BCUT2D eigenvalue weighted by Crippen LogP contribution is 2.28. The van der Waals surface area contributed by atoms with Gasteiger partial charge in [-0.25, -0.2) is 9.78 Å². The molecule has 0 saturated carbocycles. The third-order valence-corrected chi connectivity index (χ3v) is 6.31. The molecule has 158 valence electrons. The number of thiazole rings is 1. The van der Waals surface area contributed by atoms with Gasteiger partial charge in [-0.15, -0.1) is 0 Å². The van der Waals surface area contributed by atoms with Crippen LogP contribution < -0.4 is 21.5 Å². The second-order valence-corrected chi connectivity index (χ2v) is 8.41. The van der Waals surface area contributed by atoms with Crippen LogP contribution in [0.4, 0.5) is 5.13 Å². The Bertz CT molecular complexity index is 1160. The zero-order chi connectivity index (χ0) is 21.1.